The molecule has 2 rings (SSSR count). The summed E-state index contributed by atoms with van der Waals surface area (Å²) >= 11 is 7.10. The van der Waals surface area contributed by atoms with Gasteiger partial charge in [0.05, 0.1) is 11.1 Å². The number of nitrogens with two attached hydrogens (primary N) is 1. The third-order valence-corrected chi connectivity index (χ3v) is 4.06. The first-order valence-electron chi connectivity index (χ1n) is 5.37. The SMILES string of the molecule is Cc1cc(C(N)c2cc(F)c(Cl)cc2F)c(C)s1. The topological polar surface area (TPSA) is 26.0 Å². The van der Waals surface area contributed by atoms with Gasteiger partial charge in [0, 0.05) is 15.3 Å². The van der Waals surface area contributed by atoms with Crippen LogP contribution in [-0.2, 0) is 0 Å². The van der Waals surface area contributed by atoms with Crippen LogP contribution >= 0.6 is 22.9 Å². The summed E-state index contributed by atoms with van der Waals surface area (Å²) in [5.41, 5.74) is 6.95. The van der Waals surface area contributed by atoms with Crippen molar-refractivity contribution in [3.8, 4) is 0 Å². The Hall–Kier alpha value is -0.970. The van der Waals surface area contributed by atoms with Crippen LogP contribution in [0.25, 0.3) is 0 Å². The Labute approximate surface area is 113 Å². The Morgan fingerprint density at radius 2 is 1.78 bits per heavy atom. The molecule has 1 aromatic heterocycles. The molecule has 0 amide bonds. The Bertz CT molecular complexity index is 595. The van der Waals surface area contributed by atoms with E-state index in [4.69, 9.17) is 17.3 Å². The van der Waals surface area contributed by atoms with Crippen molar-refractivity contribution in [1.82, 2.24) is 0 Å². The highest BCUT2D eigenvalue weighted by Gasteiger charge is 2.19. The van der Waals surface area contributed by atoms with Crippen LogP contribution < -0.4 is 5.73 Å². The fraction of sp³-hybridized carbons (Fsp3) is 0.231. The summed E-state index contributed by atoms with van der Waals surface area (Å²) in [6, 6.07) is 3.24. The second-order valence-electron chi connectivity index (χ2n) is 4.13. The van der Waals surface area contributed by atoms with Gasteiger partial charge in [-0.15, -0.1) is 11.3 Å². The third-order valence-electron chi connectivity index (χ3n) is 2.79. The summed E-state index contributed by atoms with van der Waals surface area (Å²) < 4.78 is 27.2. The quantitative estimate of drug-likeness (QED) is 0.817. The van der Waals surface area contributed by atoms with Gasteiger partial charge < -0.3 is 5.73 Å². The molecule has 1 unspecified atom stereocenters. The van der Waals surface area contributed by atoms with E-state index in [1.54, 1.807) is 11.3 Å². The average Bonchev–Trinajstić information content (AvgIpc) is 2.62. The van der Waals surface area contributed by atoms with E-state index in [0.29, 0.717) is 0 Å². The van der Waals surface area contributed by atoms with Gasteiger partial charge in [0.2, 0.25) is 0 Å². The molecule has 0 bridgehead atoms. The van der Waals surface area contributed by atoms with Crippen LogP contribution in [0.2, 0.25) is 5.02 Å². The van der Waals surface area contributed by atoms with Crippen LogP contribution in [0, 0.1) is 25.5 Å². The molecule has 5 heteroatoms. The molecular formula is C13H12ClF2NS. The molecule has 0 aliphatic rings. The first kappa shape index (κ1) is 13.5. The average molecular weight is 288 g/mol. The van der Waals surface area contributed by atoms with E-state index < -0.39 is 17.7 Å². The maximum atomic E-state index is 13.8. The van der Waals surface area contributed by atoms with E-state index in [2.05, 4.69) is 0 Å². The van der Waals surface area contributed by atoms with Crippen molar-refractivity contribution in [3.63, 3.8) is 0 Å². The zero-order valence-corrected chi connectivity index (χ0v) is 11.5. The number of hydrogen-bond acceptors (Lipinski definition) is 2. The summed E-state index contributed by atoms with van der Waals surface area (Å²) in [5.74, 6) is -1.25. The van der Waals surface area contributed by atoms with Gasteiger partial charge in [0.1, 0.15) is 11.6 Å². The van der Waals surface area contributed by atoms with Crippen molar-refractivity contribution in [2.45, 2.75) is 19.9 Å². The van der Waals surface area contributed by atoms with Crippen LogP contribution in [-0.4, -0.2) is 0 Å². The van der Waals surface area contributed by atoms with Crippen LogP contribution in [0.3, 0.4) is 0 Å². The van der Waals surface area contributed by atoms with Gasteiger partial charge >= 0.3 is 0 Å². The molecule has 0 spiro atoms. The largest absolute Gasteiger partial charge is 0.320 e. The van der Waals surface area contributed by atoms with Gasteiger partial charge in [-0.25, -0.2) is 8.78 Å². The summed E-state index contributed by atoms with van der Waals surface area (Å²) in [4.78, 5) is 2.10. The maximum absolute atomic E-state index is 13.8. The van der Waals surface area contributed by atoms with Gasteiger partial charge in [-0.05, 0) is 37.6 Å². The lowest BCUT2D eigenvalue weighted by molar-refractivity contribution is 0.577. The van der Waals surface area contributed by atoms with Crippen molar-refractivity contribution >= 4 is 22.9 Å². The lowest BCUT2D eigenvalue weighted by Crippen LogP contribution is -2.14. The van der Waals surface area contributed by atoms with Crippen LogP contribution in [0.1, 0.15) is 26.9 Å². The second kappa shape index (κ2) is 4.96. The molecule has 0 saturated heterocycles. The third kappa shape index (κ3) is 2.41. The highest BCUT2D eigenvalue weighted by molar-refractivity contribution is 7.12. The second-order valence-corrected chi connectivity index (χ2v) is 6.00. The van der Waals surface area contributed by atoms with Gasteiger partial charge in [-0.2, -0.15) is 0 Å². The van der Waals surface area contributed by atoms with Crippen molar-refractivity contribution in [3.05, 3.63) is 55.7 Å². The Morgan fingerprint density at radius 1 is 1.11 bits per heavy atom. The number of hydrogen-bond donors (Lipinski definition) is 1. The Morgan fingerprint density at radius 3 is 2.33 bits per heavy atom. The van der Waals surface area contributed by atoms with E-state index in [-0.39, 0.29) is 10.6 Å². The van der Waals surface area contributed by atoms with Crippen LogP contribution in [0.15, 0.2) is 18.2 Å². The molecule has 0 saturated carbocycles. The van der Waals surface area contributed by atoms with E-state index in [1.165, 1.54) is 0 Å². The highest BCUT2D eigenvalue weighted by Crippen LogP contribution is 2.31. The predicted molar refractivity (Wildman–Crippen MR) is 71.2 cm³/mol. The summed E-state index contributed by atoms with van der Waals surface area (Å²) in [5, 5.41) is -0.235. The minimum Gasteiger partial charge on any atom is -0.320 e. The maximum Gasteiger partial charge on any atom is 0.142 e. The highest BCUT2D eigenvalue weighted by atomic mass is 35.5. The van der Waals surface area contributed by atoms with Crippen molar-refractivity contribution < 1.29 is 8.78 Å². The lowest BCUT2D eigenvalue weighted by atomic mass is 9.99. The van der Waals surface area contributed by atoms with E-state index in [1.807, 2.05) is 19.9 Å². The summed E-state index contributed by atoms with van der Waals surface area (Å²) in [6.07, 6.45) is 0. The van der Waals surface area contributed by atoms with Gasteiger partial charge in [-0.1, -0.05) is 11.6 Å². The molecule has 18 heavy (non-hydrogen) atoms. The van der Waals surface area contributed by atoms with E-state index in [0.717, 1.165) is 27.5 Å². The molecule has 1 aromatic carbocycles. The minimum absolute atomic E-state index is 0.123. The number of rotatable bonds is 2. The Kier molecular flexibility index (Phi) is 3.71. The van der Waals surface area contributed by atoms with Gasteiger partial charge in [0.25, 0.3) is 0 Å². The first-order valence-corrected chi connectivity index (χ1v) is 6.56. The van der Waals surface area contributed by atoms with Gasteiger partial charge in [-0.3, -0.25) is 0 Å². The number of thiophene rings is 1. The zero-order valence-electron chi connectivity index (χ0n) is 9.93. The van der Waals surface area contributed by atoms with Crippen molar-refractivity contribution in [1.29, 1.82) is 0 Å². The molecule has 0 radical (unpaired) electrons. The number of halogens is 3. The fourth-order valence-corrected chi connectivity index (χ4v) is 3.03. The fourth-order valence-electron chi connectivity index (χ4n) is 1.90. The summed E-state index contributed by atoms with van der Waals surface area (Å²) in [7, 11) is 0. The molecule has 96 valence electrons. The molecule has 0 fully saturated rings. The molecule has 0 aliphatic heterocycles. The lowest BCUT2D eigenvalue weighted by Gasteiger charge is -2.13. The van der Waals surface area contributed by atoms with Crippen molar-refractivity contribution in [2.75, 3.05) is 0 Å². The molecule has 1 heterocycles. The first-order chi connectivity index (χ1) is 8.40. The van der Waals surface area contributed by atoms with Gasteiger partial charge in [0.15, 0.2) is 0 Å². The summed E-state index contributed by atoms with van der Waals surface area (Å²) in [6.45, 7) is 3.86. The predicted octanol–water partition coefficient (Wildman–Crippen LogP) is 4.34. The molecule has 2 N–H and O–H groups in total. The Balaban J connectivity index is 2.49. The molecule has 2 aromatic rings. The normalized spacial score (nSPS) is 12.8. The number of aryl methyl sites for hydroxylation is 2. The van der Waals surface area contributed by atoms with E-state index >= 15 is 0 Å². The molecule has 1 nitrogen and oxygen atoms in total. The van der Waals surface area contributed by atoms with E-state index in [9.17, 15) is 8.78 Å². The van der Waals surface area contributed by atoms with Crippen molar-refractivity contribution in [2.24, 2.45) is 5.73 Å². The number of benzene rings is 1. The zero-order chi connectivity index (χ0) is 13.4. The monoisotopic (exact) mass is 287 g/mol. The standard InChI is InChI=1S/C13H12ClF2NS/c1-6-3-8(7(2)18-6)13(17)9-4-12(16)10(14)5-11(9)15/h3-5,13H,17H2,1-2H3. The molecule has 1 atom stereocenters. The van der Waals surface area contributed by atoms with Crippen LogP contribution in [0.4, 0.5) is 8.78 Å². The molecular weight excluding hydrogens is 276 g/mol. The smallest absolute Gasteiger partial charge is 0.142 e. The van der Waals surface area contributed by atoms with Crippen LogP contribution in [0.5, 0.6) is 0 Å². The minimum atomic E-state index is -0.679. The molecule has 0 aliphatic carbocycles.